The topological polar surface area (TPSA) is 12.0 Å². The first kappa shape index (κ1) is 16.0. The lowest BCUT2D eigenvalue weighted by atomic mass is 9.82. The van der Waals surface area contributed by atoms with Gasteiger partial charge in [0.1, 0.15) is 0 Å². The van der Waals surface area contributed by atoms with E-state index in [-0.39, 0.29) is 17.1 Å². The Labute approximate surface area is 129 Å². The van der Waals surface area contributed by atoms with Crippen LogP contribution in [0.4, 0.5) is 18.9 Å². The van der Waals surface area contributed by atoms with E-state index in [4.69, 9.17) is 0 Å². The Morgan fingerprint density at radius 2 is 2.05 bits per heavy atom. The van der Waals surface area contributed by atoms with Crippen molar-refractivity contribution in [2.24, 2.45) is 5.41 Å². The molecule has 1 atom stereocenters. The largest absolute Gasteiger partial charge is 0.418 e. The van der Waals surface area contributed by atoms with Crippen LogP contribution in [0.15, 0.2) is 22.7 Å². The summed E-state index contributed by atoms with van der Waals surface area (Å²) in [6.45, 7) is 4.22. The number of hydrogen-bond acceptors (Lipinski definition) is 2. The summed E-state index contributed by atoms with van der Waals surface area (Å²) >= 11 is 4.89. The third kappa shape index (κ3) is 3.64. The van der Waals surface area contributed by atoms with Crippen molar-refractivity contribution in [1.29, 1.82) is 0 Å². The van der Waals surface area contributed by atoms with Gasteiger partial charge < -0.3 is 5.32 Å². The predicted octanol–water partition coefficient (Wildman–Crippen LogP) is 5.41. The monoisotopic (exact) mass is 367 g/mol. The predicted molar refractivity (Wildman–Crippen MR) is 82.3 cm³/mol. The summed E-state index contributed by atoms with van der Waals surface area (Å²) in [5.41, 5.74) is -0.444. The number of alkyl halides is 3. The number of benzene rings is 1. The van der Waals surface area contributed by atoms with Gasteiger partial charge in [-0.05, 0) is 35.8 Å². The Bertz CT molecular complexity index is 488. The van der Waals surface area contributed by atoms with E-state index in [9.17, 15) is 13.2 Å². The molecule has 0 bridgehead atoms. The number of rotatable bonds is 2. The van der Waals surface area contributed by atoms with Crippen molar-refractivity contribution < 1.29 is 13.2 Å². The van der Waals surface area contributed by atoms with Crippen LogP contribution in [-0.2, 0) is 6.18 Å². The Hall–Kier alpha value is -0.360. The van der Waals surface area contributed by atoms with E-state index >= 15 is 0 Å². The zero-order valence-electron chi connectivity index (χ0n) is 11.4. The average molecular weight is 368 g/mol. The molecule has 0 aromatic heterocycles. The normalized spacial score (nSPS) is 22.6. The summed E-state index contributed by atoms with van der Waals surface area (Å²) in [6.07, 6.45) is -3.34. The van der Waals surface area contributed by atoms with Crippen LogP contribution in [0.2, 0.25) is 0 Å². The lowest BCUT2D eigenvalue weighted by molar-refractivity contribution is -0.137. The molecule has 1 nitrogen and oxygen atoms in total. The van der Waals surface area contributed by atoms with Crippen molar-refractivity contribution in [1.82, 2.24) is 0 Å². The summed E-state index contributed by atoms with van der Waals surface area (Å²) in [6, 6.07) is 4.32. The van der Waals surface area contributed by atoms with E-state index in [1.165, 1.54) is 6.07 Å². The van der Waals surface area contributed by atoms with Crippen molar-refractivity contribution in [3.8, 4) is 0 Å². The fraction of sp³-hybridized carbons (Fsp3) is 0.571. The third-order valence-corrected chi connectivity index (χ3v) is 5.29. The highest BCUT2D eigenvalue weighted by Gasteiger charge is 2.37. The second-order valence-electron chi connectivity index (χ2n) is 5.70. The molecule has 0 aliphatic carbocycles. The SMILES string of the molecule is CC1(C)CCSCC1Nc1ccc(Br)cc1C(F)(F)F. The second kappa shape index (κ2) is 5.79. The molecule has 1 saturated heterocycles. The standard InChI is InChI=1S/C14H17BrF3NS/c1-13(2)5-6-20-8-12(13)19-11-4-3-9(15)7-10(11)14(16,17)18/h3-4,7,12,19H,5-6,8H2,1-2H3. The molecule has 1 heterocycles. The number of halogens is 4. The average Bonchev–Trinajstić information content (AvgIpc) is 2.32. The van der Waals surface area contributed by atoms with Gasteiger partial charge in [0.05, 0.1) is 5.56 Å². The minimum Gasteiger partial charge on any atom is -0.380 e. The van der Waals surface area contributed by atoms with E-state index in [2.05, 4.69) is 35.1 Å². The molecule has 1 aliphatic heterocycles. The Balaban J connectivity index is 2.29. The van der Waals surface area contributed by atoms with Gasteiger partial charge in [0.15, 0.2) is 0 Å². The summed E-state index contributed by atoms with van der Waals surface area (Å²) in [4.78, 5) is 0. The highest BCUT2D eigenvalue weighted by atomic mass is 79.9. The lowest BCUT2D eigenvalue weighted by Gasteiger charge is -2.39. The lowest BCUT2D eigenvalue weighted by Crippen LogP contribution is -2.42. The first-order chi connectivity index (χ1) is 9.20. The number of anilines is 1. The van der Waals surface area contributed by atoms with Gasteiger partial charge >= 0.3 is 6.18 Å². The van der Waals surface area contributed by atoms with Gasteiger partial charge in [-0.15, -0.1) is 0 Å². The molecule has 1 aromatic carbocycles. The first-order valence-corrected chi connectivity index (χ1v) is 8.36. The molecule has 0 radical (unpaired) electrons. The van der Waals surface area contributed by atoms with Gasteiger partial charge in [-0.1, -0.05) is 29.8 Å². The molecular weight excluding hydrogens is 351 g/mol. The molecule has 1 N–H and O–H groups in total. The van der Waals surface area contributed by atoms with Crippen molar-refractivity contribution in [2.45, 2.75) is 32.5 Å². The van der Waals surface area contributed by atoms with Crippen LogP contribution < -0.4 is 5.32 Å². The summed E-state index contributed by atoms with van der Waals surface area (Å²) in [5.74, 6) is 1.90. The van der Waals surface area contributed by atoms with Crippen molar-refractivity contribution in [3.05, 3.63) is 28.2 Å². The highest BCUT2D eigenvalue weighted by Crippen LogP contribution is 2.40. The zero-order chi connectivity index (χ0) is 15.0. The van der Waals surface area contributed by atoms with E-state index in [0.29, 0.717) is 4.47 Å². The van der Waals surface area contributed by atoms with Crippen LogP contribution in [0, 0.1) is 5.41 Å². The molecule has 20 heavy (non-hydrogen) atoms. The Kier molecular flexibility index (Phi) is 4.64. The quantitative estimate of drug-likeness (QED) is 0.749. The van der Waals surface area contributed by atoms with Crippen LogP contribution >= 0.6 is 27.7 Å². The van der Waals surface area contributed by atoms with Gasteiger partial charge in [0.25, 0.3) is 0 Å². The molecular formula is C14H17BrF3NS. The number of thioether (sulfide) groups is 1. The first-order valence-electron chi connectivity index (χ1n) is 6.41. The zero-order valence-corrected chi connectivity index (χ0v) is 13.8. The third-order valence-electron chi connectivity index (χ3n) is 3.74. The van der Waals surface area contributed by atoms with Crippen molar-refractivity contribution in [2.75, 3.05) is 16.8 Å². The van der Waals surface area contributed by atoms with Gasteiger partial charge in [-0.25, -0.2) is 0 Å². The van der Waals surface area contributed by atoms with Crippen molar-refractivity contribution in [3.63, 3.8) is 0 Å². The second-order valence-corrected chi connectivity index (χ2v) is 7.76. The molecule has 1 fully saturated rings. The molecule has 6 heteroatoms. The summed E-state index contributed by atoms with van der Waals surface area (Å²) in [7, 11) is 0. The fourth-order valence-electron chi connectivity index (χ4n) is 2.24. The molecule has 0 amide bonds. The Morgan fingerprint density at radius 1 is 1.35 bits per heavy atom. The maximum atomic E-state index is 13.1. The molecule has 112 valence electrons. The van der Waals surface area contributed by atoms with Gasteiger partial charge in [0.2, 0.25) is 0 Å². The molecule has 1 aliphatic rings. The summed E-state index contributed by atoms with van der Waals surface area (Å²) < 4.78 is 39.8. The molecule has 1 aromatic rings. The molecule has 1 unspecified atom stereocenters. The van der Waals surface area contributed by atoms with Gasteiger partial charge in [0, 0.05) is 22.0 Å². The van der Waals surface area contributed by atoms with E-state index in [1.54, 1.807) is 17.8 Å². The molecule has 2 rings (SSSR count). The van der Waals surface area contributed by atoms with E-state index in [0.717, 1.165) is 24.0 Å². The van der Waals surface area contributed by atoms with Crippen molar-refractivity contribution >= 4 is 33.4 Å². The maximum absolute atomic E-state index is 13.1. The Morgan fingerprint density at radius 3 is 2.65 bits per heavy atom. The van der Waals surface area contributed by atoms with Crippen LogP contribution in [0.1, 0.15) is 25.8 Å². The van der Waals surface area contributed by atoms with Crippen LogP contribution in [-0.4, -0.2) is 17.5 Å². The number of nitrogens with one attached hydrogen (secondary N) is 1. The highest BCUT2D eigenvalue weighted by molar-refractivity contribution is 9.10. The smallest absolute Gasteiger partial charge is 0.380 e. The minimum atomic E-state index is -4.35. The molecule has 0 saturated carbocycles. The van der Waals surface area contributed by atoms with Crippen LogP contribution in [0.3, 0.4) is 0 Å². The van der Waals surface area contributed by atoms with E-state index < -0.39 is 11.7 Å². The summed E-state index contributed by atoms with van der Waals surface area (Å²) in [5, 5.41) is 3.11. The van der Waals surface area contributed by atoms with E-state index in [1.807, 2.05) is 0 Å². The van der Waals surface area contributed by atoms with Crippen LogP contribution in [0.25, 0.3) is 0 Å². The van der Waals surface area contributed by atoms with Gasteiger partial charge in [-0.2, -0.15) is 24.9 Å². The number of hydrogen-bond donors (Lipinski definition) is 1. The minimum absolute atomic E-state index is 0.00118. The van der Waals surface area contributed by atoms with Crippen LogP contribution in [0.5, 0.6) is 0 Å². The van der Waals surface area contributed by atoms with Gasteiger partial charge in [-0.3, -0.25) is 0 Å². The molecule has 0 spiro atoms. The fourth-order valence-corrected chi connectivity index (χ4v) is 4.21. The maximum Gasteiger partial charge on any atom is 0.418 e.